The zero-order chi connectivity index (χ0) is 57.1. The molecule has 2 aromatic heterocycles. The number of amides is 7. The number of nitrogens with one attached hydrogen (secondary N) is 5. The number of nitrogens with two attached hydrogens (primary N) is 1. The van der Waals surface area contributed by atoms with Gasteiger partial charge in [-0.25, -0.2) is 14.8 Å². The van der Waals surface area contributed by atoms with Crippen LogP contribution in [-0.2, 0) is 59.1 Å². The average Bonchev–Trinajstić information content (AvgIpc) is 4.12. The molecule has 0 saturated carbocycles. The molecule has 80 heavy (non-hydrogen) atoms. The molecule has 2 aromatic carbocycles. The van der Waals surface area contributed by atoms with E-state index < -0.39 is 35.8 Å². The summed E-state index contributed by atoms with van der Waals surface area (Å²) in [5.41, 5.74) is 14.0. The van der Waals surface area contributed by atoms with Crippen LogP contribution in [0.5, 0.6) is 5.88 Å². The van der Waals surface area contributed by atoms with Gasteiger partial charge in [-0.1, -0.05) is 38.1 Å². The Balaban J connectivity index is 0.774. The minimum atomic E-state index is -0.972. The van der Waals surface area contributed by atoms with E-state index >= 15 is 0 Å². The van der Waals surface area contributed by atoms with Crippen molar-refractivity contribution in [3.8, 4) is 5.88 Å². The number of unbranched alkanes of at least 4 members (excludes halogenated alkanes) is 1. The summed E-state index contributed by atoms with van der Waals surface area (Å²) in [5.74, 6) is -2.75. The molecule has 0 bridgehead atoms. The van der Waals surface area contributed by atoms with Crippen molar-refractivity contribution in [2.45, 2.75) is 65.5 Å². The van der Waals surface area contributed by atoms with E-state index in [4.69, 9.17) is 44.1 Å². The fourth-order valence-corrected chi connectivity index (χ4v) is 7.98. The second kappa shape index (κ2) is 32.6. The summed E-state index contributed by atoms with van der Waals surface area (Å²) in [6, 6.07) is 17.3. The van der Waals surface area contributed by atoms with Crippen LogP contribution in [0.15, 0.2) is 84.0 Å². The highest BCUT2D eigenvalue weighted by Gasteiger charge is 2.26. The number of hydrogen-bond donors (Lipinski definition) is 6. The van der Waals surface area contributed by atoms with Crippen LogP contribution in [0.2, 0.25) is 0 Å². The fraction of sp³-hybridized carbons (Fsp3) is 0.446. The van der Waals surface area contributed by atoms with Gasteiger partial charge in [0.2, 0.25) is 29.5 Å². The Labute approximate surface area is 464 Å². The van der Waals surface area contributed by atoms with Crippen LogP contribution < -0.4 is 37.1 Å². The standard InChI is InChI=1S/C56H71N11O13/c1-37(2)54(66-48(70)33-61-46(68)19-24-75-26-28-77-30-31-78-29-27-76-25-22-67-50(71)17-18-51(67)72)55(73)62-34-47(69)64-41-14-11-39(12-15-41)36-80-56(74)59-20-4-5-23-79-49-35-60-42-16-13-40(32-45(42)65-49)52(43-10-7-21-58-43)53(57)44-9-6-8-38(3)63-44/h6,8-9,11-18,32,35,37,54H,4-5,7,10,19-31,33-34,36,57H2,1-3H3,(H,59,74)(H,61,68)(H,62,73)(H,64,69)(H,66,70). The Morgan fingerprint density at radius 2 is 1.44 bits per heavy atom. The first-order valence-corrected chi connectivity index (χ1v) is 26.6. The molecule has 4 aromatic rings. The number of nitrogens with zero attached hydrogens (tertiary/aromatic N) is 5. The quantitative estimate of drug-likeness (QED) is 0.0289. The number of aromatic nitrogens is 3. The van der Waals surface area contributed by atoms with Crippen LogP contribution in [-0.4, -0.2) is 165 Å². The van der Waals surface area contributed by atoms with E-state index in [1.165, 1.54) is 12.2 Å². The summed E-state index contributed by atoms with van der Waals surface area (Å²) in [5, 5.41) is 13.1. The van der Waals surface area contributed by atoms with Gasteiger partial charge in [-0.05, 0) is 86.1 Å². The zero-order valence-electron chi connectivity index (χ0n) is 45.4. The minimum Gasteiger partial charge on any atom is -0.477 e. The maximum absolute atomic E-state index is 13.0. The first kappa shape index (κ1) is 61.0. The highest BCUT2D eigenvalue weighted by Crippen LogP contribution is 2.30. The molecular weight excluding hydrogens is 1030 g/mol. The van der Waals surface area contributed by atoms with Crippen molar-refractivity contribution in [1.29, 1.82) is 0 Å². The smallest absolute Gasteiger partial charge is 0.407 e. The topological polar surface area (TPSA) is 315 Å². The van der Waals surface area contributed by atoms with Crippen molar-refractivity contribution >= 4 is 75.2 Å². The number of carbonyl (C=O) groups is 7. The molecule has 1 unspecified atom stereocenters. The summed E-state index contributed by atoms with van der Waals surface area (Å²) in [7, 11) is 0. The molecule has 2 aliphatic heterocycles. The van der Waals surface area contributed by atoms with E-state index in [9.17, 15) is 33.6 Å². The first-order chi connectivity index (χ1) is 38.7. The Bertz CT molecular complexity index is 2840. The van der Waals surface area contributed by atoms with Crippen LogP contribution >= 0.6 is 0 Å². The maximum atomic E-state index is 13.0. The number of rotatable bonds is 34. The Hall–Kier alpha value is -8.19. The lowest BCUT2D eigenvalue weighted by molar-refractivity contribution is -0.137. The molecule has 7 amide bonds. The highest BCUT2D eigenvalue weighted by atomic mass is 16.6. The number of anilines is 1. The lowest BCUT2D eigenvalue weighted by atomic mass is 9.95. The fourth-order valence-electron chi connectivity index (χ4n) is 7.98. The van der Waals surface area contributed by atoms with Gasteiger partial charge < -0.3 is 60.7 Å². The van der Waals surface area contributed by atoms with Crippen LogP contribution in [0, 0.1) is 12.8 Å². The van der Waals surface area contributed by atoms with Gasteiger partial charge in [-0.3, -0.25) is 43.6 Å². The van der Waals surface area contributed by atoms with E-state index in [0.717, 1.165) is 46.8 Å². The highest BCUT2D eigenvalue weighted by molar-refractivity contribution is 6.30. The molecule has 0 aliphatic carbocycles. The van der Waals surface area contributed by atoms with Crippen molar-refractivity contribution < 1.29 is 62.0 Å². The molecule has 24 heteroatoms. The van der Waals surface area contributed by atoms with E-state index in [1.54, 1.807) is 44.3 Å². The first-order valence-electron chi connectivity index (χ1n) is 26.6. The van der Waals surface area contributed by atoms with Gasteiger partial charge >= 0.3 is 6.09 Å². The number of benzene rings is 2. The Kier molecular flexibility index (Phi) is 24.9. The molecule has 0 saturated heterocycles. The van der Waals surface area contributed by atoms with E-state index in [1.807, 2.05) is 43.3 Å². The van der Waals surface area contributed by atoms with Gasteiger partial charge in [0.15, 0.2) is 0 Å². The van der Waals surface area contributed by atoms with Crippen molar-refractivity contribution in [3.05, 3.63) is 102 Å². The normalized spacial score (nSPS) is 13.7. The van der Waals surface area contributed by atoms with E-state index in [2.05, 4.69) is 36.6 Å². The van der Waals surface area contributed by atoms with Crippen LogP contribution in [0.4, 0.5) is 10.5 Å². The second-order valence-corrected chi connectivity index (χ2v) is 18.7. The predicted molar refractivity (Wildman–Crippen MR) is 296 cm³/mol. The SMILES string of the molecule is Cc1cccc(C(N)=C(C2=NCCC2)c2ccc3ncc(OCCCCNC(=O)OCc4ccc(NC(=O)CNC(=O)C(NC(=O)CNC(=O)CCOCCOCCOCCOCCN5C(=O)C=CC5=O)C(C)C)cc4)nc3c2)n1. The summed E-state index contributed by atoms with van der Waals surface area (Å²) in [6.45, 7) is 8.41. The molecular formula is C56H71N11O13. The molecule has 1 atom stereocenters. The molecule has 4 heterocycles. The molecule has 6 rings (SSSR count). The molecule has 0 radical (unpaired) electrons. The minimum absolute atomic E-state index is 0.0000323. The number of hydrogen-bond acceptors (Lipinski definition) is 18. The third kappa shape index (κ3) is 20.6. The third-order valence-electron chi connectivity index (χ3n) is 12.2. The third-order valence-corrected chi connectivity index (χ3v) is 12.2. The molecule has 428 valence electrons. The number of pyridine rings is 1. The number of imide groups is 1. The molecule has 2 aliphatic rings. The van der Waals surface area contributed by atoms with Gasteiger partial charge in [0.05, 0.1) is 108 Å². The number of fused-ring (bicyclic) bond motifs is 1. The summed E-state index contributed by atoms with van der Waals surface area (Å²) in [6.07, 6.45) is 6.49. The maximum Gasteiger partial charge on any atom is 0.407 e. The summed E-state index contributed by atoms with van der Waals surface area (Å²) >= 11 is 0. The number of carbonyl (C=O) groups excluding carboxylic acids is 7. The van der Waals surface area contributed by atoms with Gasteiger partial charge in [0, 0.05) is 54.3 Å². The lowest BCUT2D eigenvalue weighted by Gasteiger charge is -2.21. The van der Waals surface area contributed by atoms with Gasteiger partial charge in [0.25, 0.3) is 11.8 Å². The number of aliphatic imine (C=N–C) groups is 1. The molecule has 7 N–H and O–H groups in total. The van der Waals surface area contributed by atoms with Crippen LogP contribution in [0.1, 0.15) is 68.5 Å². The zero-order valence-corrected chi connectivity index (χ0v) is 45.4. The average molecular weight is 1110 g/mol. The van der Waals surface area contributed by atoms with Crippen molar-refractivity contribution in [2.75, 3.05) is 97.5 Å². The number of allylic oxidation sites excluding steroid dienone is 1. The van der Waals surface area contributed by atoms with Crippen molar-refractivity contribution in [2.24, 2.45) is 16.6 Å². The van der Waals surface area contributed by atoms with Crippen LogP contribution in [0.3, 0.4) is 0 Å². The molecule has 24 nitrogen and oxygen atoms in total. The van der Waals surface area contributed by atoms with E-state index in [-0.39, 0.29) is 76.8 Å². The lowest BCUT2D eigenvalue weighted by Crippen LogP contribution is -2.52. The van der Waals surface area contributed by atoms with Gasteiger partial charge in [-0.15, -0.1) is 0 Å². The molecule has 0 fully saturated rings. The Morgan fingerprint density at radius 3 is 2.12 bits per heavy atom. The van der Waals surface area contributed by atoms with Gasteiger partial charge in [-0.2, -0.15) is 0 Å². The predicted octanol–water partition coefficient (Wildman–Crippen LogP) is 3.17. The Morgan fingerprint density at radius 1 is 0.738 bits per heavy atom. The van der Waals surface area contributed by atoms with Crippen molar-refractivity contribution in [1.82, 2.24) is 41.1 Å². The number of alkyl carbamates (subject to hydrolysis) is 1. The largest absolute Gasteiger partial charge is 0.477 e. The molecule has 0 spiro atoms. The summed E-state index contributed by atoms with van der Waals surface area (Å²) < 4.78 is 32.9. The monoisotopic (exact) mass is 1110 g/mol. The number of aryl methyl sites for hydroxylation is 1. The van der Waals surface area contributed by atoms with Crippen LogP contribution in [0.25, 0.3) is 22.3 Å². The van der Waals surface area contributed by atoms with E-state index in [0.29, 0.717) is 92.0 Å². The van der Waals surface area contributed by atoms with Crippen molar-refractivity contribution in [3.63, 3.8) is 0 Å². The summed E-state index contributed by atoms with van der Waals surface area (Å²) in [4.78, 5) is 106. The number of ether oxygens (including phenoxy) is 6. The second-order valence-electron chi connectivity index (χ2n) is 18.7. The van der Waals surface area contributed by atoms with Gasteiger partial charge in [0.1, 0.15) is 12.6 Å².